The van der Waals surface area contributed by atoms with Crippen molar-refractivity contribution in [3.05, 3.63) is 39.8 Å². The van der Waals surface area contributed by atoms with E-state index < -0.39 is 5.97 Å². The van der Waals surface area contributed by atoms with Crippen LogP contribution in [-0.2, 0) is 20.8 Å². The number of fused-ring (bicyclic) bond motifs is 1. The fourth-order valence-corrected chi connectivity index (χ4v) is 3.88. The summed E-state index contributed by atoms with van der Waals surface area (Å²) < 4.78 is 11.9. The number of rotatable bonds is 8. The first-order valence-electron chi connectivity index (χ1n) is 9.64. The van der Waals surface area contributed by atoms with Crippen LogP contribution in [0.1, 0.15) is 23.2 Å². The number of pyridine rings is 1. The van der Waals surface area contributed by atoms with Crippen LogP contribution in [0, 0.1) is 5.92 Å². The maximum Gasteiger partial charge on any atom is 0.341 e. The molecule has 1 aliphatic rings. The molecular formula is C20H21N5O5S. The summed E-state index contributed by atoms with van der Waals surface area (Å²) in [5, 5.41) is 12.3. The van der Waals surface area contributed by atoms with Gasteiger partial charge in [-0.05, 0) is 12.8 Å². The summed E-state index contributed by atoms with van der Waals surface area (Å²) in [4.78, 5) is 41.4. The molecule has 4 rings (SSSR count). The van der Waals surface area contributed by atoms with Gasteiger partial charge in [-0.15, -0.1) is 11.3 Å². The number of ether oxygens (including phenoxy) is 2. The molecule has 0 saturated heterocycles. The van der Waals surface area contributed by atoms with Gasteiger partial charge in [0.2, 0.25) is 5.91 Å². The second-order valence-electron chi connectivity index (χ2n) is 7.05. The molecule has 0 atom stereocenters. The largest absolute Gasteiger partial charge is 0.465 e. The molecule has 0 aliphatic heterocycles. The molecule has 0 bridgehead atoms. The standard InChI is InChI=1S/C20H21N5O5S/c1-29-6-5-25-19(27)17-14(10-31-15(17)9-22-25)23-13-7-16(24-18(26)11-3-4-11)21-8-12(13)20(28)30-2/h7-11H,3-6H2,1-2H3,(H2,21,23,24,26). The maximum absolute atomic E-state index is 12.9. The summed E-state index contributed by atoms with van der Waals surface area (Å²) in [6.45, 7) is 0.673. The molecule has 1 aliphatic carbocycles. The van der Waals surface area contributed by atoms with Crippen LogP contribution in [0.5, 0.6) is 0 Å². The number of anilines is 3. The van der Waals surface area contributed by atoms with Crippen LogP contribution >= 0.6 is 11.3 Å². The third-order valence-electron chi connectivity index (χ3n) is 4.87. The third-order valence-corrected chi connectivity index (χ3v) is 5.78. The molecule has 0 aromatic carbocycles. The zero-order chi connectivity index (χ0) is 22.0. The van der Waals surface area contributed by atoms with E-state index in [1.165, 1.54) is 29.3 Å². The first-order valence-corrected chi connectivity index (χ1v) is 10.5. The average Bonchev–Trinajstić information content (AvgIpc) is 3.55. The van der Waals surface area contributed by atoms with Crippen molar-refractivity contribution < 1.29 is 19.1 Å². The molecule has 10 nitrogen and oxygen atoms in total. The summed E-state index contributed by atoms with van der Waals surface area (Å²) in [7, 11) is 2.83. The van der Waals surface area contributed by atoms with Gasteiger partial charge in [0.05, 0.1) is 47.9 Å². The molecule has 0 unspecified atom stereocenters. The van der Waals surface area contributed by atoms with Crippen LogP contribution in [-0.4, -0.2) is 47.5 Å². The van der Waals surface area contributed by atoms with Gasteiger partial charge in [-0.3, -0.25) is 9.59 Å². The monoisotopic (exact) mass is 443 g/mol. The van der Waals surface area contributed by atoms with Gasteiger partial charge in [-0.1, -0.05) is 0 Å². The van der Waals surface area contributed by atoms with Gasteiger partial charge in [0.1, 0.15) is 11.4 Å². The van der Waals surface area contributed by atoms with Crippen molar-refractivity contribution in [3.8, 4) is 0 Å². The number of methoxy groups -OCH3 is 2. The summed E-state index contributed by atoms with van der Waals surface area (Å²) in [6, 6.07) is 1.56. The van der Waals surface area contributed by atoms with Gasteiger partial charge in [0, 0.05) is 30.7 Å². The Balaban J connectivity index is 1.71. The minimum atomic E-state index is -0.589. The molecule has 162 valence electrons. The van der Waals surface area contributed by atoms with E-state index in [0.717, 1.165) is 12.8 Å². The van der Waals surface area contributed by atoms with E-state index in [4.69, 9.17) is 9.47 Å². The smallest absolute Gasteiger partial charge is 0.341 e. The lowest BCUT2D eigenvalue weighted by molar-refractivity contribution is -0.117. The van der Waals surface area contributed by atoms with E-state index >= 15 is 0 Å². The van der Waals surface area contributed by atoms with Crippen molar-refractivity contribution in [3.63, 3.8) is 0 Å². The normalized spacial score (nSPS) is 13.2. The van der Waals surface area contributed by atoms with Crippen LogP contribution in [0.15, 0.2) is 28.6 Å². The molecule has 1 saturated carbocycles. The highest BCUT2D eigenvalue weighted by atomic mass is 32.1. The Kier molecular flexibility index (Phi) is 5.96. The van der Waals surface area contributed by atoms with E-state index in [-0.39, 0.29) is 22.9 Å². The molecule has 31 heavy (non-hydrogen) atoms. The average molecular weight is 443 g/mol. The van der Waals surface area contributed by atoms with Crippen molar-refractivity contribution in [2.45, 2.75) is 19.4 Å². The predicted octanol–water partition coefficient (Wildman–Crippen LogP) is 2.38. The molecule has 3 heterocycles. The van der Waals surface area contributed by atoms with Gasteiger partial charge in [0.15, 0.2) is 0 Å². The molecule has 2 N–H and O–H groups in total. The van der Waals surface area contributed by atoms with Gasteiger partial charge in [-0.25, -0.2) is 14.5 Å². The van der Waals surface area contributed by atoms with Crippen molar-refractivity contribution in [1.29, 1.82) is 0 Å². The maximum atomic E-state index is 12.9. The number of hydrogen-bond donors (Lipinski definition) is 2. The van der Waals surface area contributed by atoms with Crippen molar-refractivity contribution in [2.75, 3.05) is 31.5 Å². The molecule has 1 amide bonds. The highest BCUT2D eigenvalue weighted by molar-refractivity contribution is 7.17. The lowest BCUT2D eigenvalue weighted by Crippen LogP contribution is -2.24. The molecule has 1 fully saturated rings. The molecule has 3 aromatic heterocycles. The summed E-state index contributed by atoms with van der Waals surface area (Å²) in [5.41, 5.74) is 0.802. The minimum Gasteiger partial charge on any atom is -0.465 e. The first-order chi connectivity index (χ1) is 15.0. The number of esters is 1. The third kappa shape index (κ3) is 4.42. The number of thiophene rings is 1. The number of carbonyl (C=O) groups excluding carboxylic acids is 2. The number of nitrogens with one attached hydrogen (secondary N) is 2. The Bertz CT molecular complexity index is 1200. The van der Waals surface area contributed by atoms with E-state index in [1.807, 2.05) is 0 Å². The molecular weight excluding hydrogens is 422 g/mol. The highest BCUT2D eigenvalue weighted by Gasteiger charge is 2.30. The van der Waals surface area contributed by atoms with E-state index in [1.54, 1.807) is 24.8 Å². The molecule has 3 aromatic rings. The minimum absolute atomic E-state index is 0.0115. The SMILES string of the molecule is COCCn1ncc2scc(Nc3cc(NC(=O)C4CC4)ncc3C(=O)OC)c2c1=O. The van der Waals surface area contributed by atoms with Gasteiger partial charge < -0.3 is 20.1 Å². The second-order valence-corrected chi connectivity index (χ2v) is 7.96. The number of aromatic nitrogens is 3. The topological polar surface area (TPSA) is 124 Å². The van der Waals surface area contributed by atoms with Crippen molar-refractivity contribution in [1.82, 2.24) is 14.8 Å². The lowest BCUT2D eigenvalue weighted by Gasteiger charge is -2.12. The van der Waals surface area contributed by atoms with Crippen LogP contribution in [0.25, 0.3) is 10.1 Å². The van der Waals surface area contributed by atoms with Crippen molar-refractivity contribution in [2.24, 2.45) is 5.92 Å². The zero-order valence-corrected chi connectivity index (χ0v) is 17.8. The quantitative estimate of drug-likeness (QED) is 0.509. The van der Waals surface area contributed by atoms with E-state index in [9.17, 15) is 14.4 Å². The zero-order valence-electron chi connectivity index (χ0n) is 17.0. The number of hydrogen-bond acceptors (Lipinski definition) is 9. The fraction of sp³-hybridized carbons (Fsp3) is 0.350. The summed E-state index contributed by atoms with van der Waals surface area (Å²) in [6.07, 6.45) is 4.68. The van der Waals surface area contributed by atoms with Crippen LogP contribution in [0.3, 0.4) is 0 Å². The summed E-state index contributed by atoms with van der Waals surface area (Å²) in [5.74, 6) is -0.366. The van der Waals surface area contributed by atoms with Crippen LogP contribution in [0.2, 0.25) is 0 Å². The van der Waals surface area contributed by atoms with Crippen LogP contribution in [0.4, 0.5) is 17.2 Å². The van der Waals surface area contributed by atoms with Crippen LogP contribution < -0.4 is 16.2 Å². The fourth-order valence-electron chi connectivity index (χ4n) is 3.04. The number of amides is 1. The van der Waals surface area contributed by atoms with E-state index in [0.29, 0.717) is 40.4 Å². The van der Waals surface area contributed by atoms with Gasteiger partial charge >= 0.3 is 5.97 Å². The second kappa shape index (κ2) is 8.82. The number of carbonyl (C=O) groups is 2. The van der Waals surface area contributed by atoms with Gasteiger partial charge in [-0.2, -0.15) is 5.10 Å². The Hall–Kier alpha value is -3.31. The highest BCUT2D eigenvalue weighted by Crippen LogP contribution is 2.33. The summed E-state index contributed by atoms with van der Waals surface area (Å²) >= 11 is 1.36. The molecule has 0 spiro atoms. The van der Waals surface area contributed by atoms with E-state index in [2.05, 4.69) is 20.7 Å². The Morgan fingerprint density at radius 2 is 2.06 bits per heavy atom. The lowest BCUT2D eigenvalue weighted by atomic mass is 10.2. The predicted molar refractivity (Wildman–Crippen MR) is 116 cm³/mol. The van der Waals surface area contributed by atoms with Gasteiger partial charge in [0.25, 0.3) is 5.56 Å². The molecule has 0 radical (unpaired) electrons. The Labute approximate surface area is 181 Å². The molecule has 11 heteroatoms. The Morgan fingerprint density at radius 3 is 2.77 bits per heavy atom. The Morgan fingerprint density at radius 1 is 1.26 bits per heavy atom. The van der Waals surface area contributed by atoms with Crippen molar-refractivity contribution >= 4 is 50.5 Å². The first kappa shape index (κ1) is 20.9. The number of nitrogens with zero attached hydrogens (tertiary/aromatic N) is 3.